The monoisotopic (exact) mass is 1790 g/mol. The second-order valence-corrected chi connectivity index (χ2v) is 37.5. The van der Waals surface area contributed by atoms with E-state index in [9.17, 15) is 19.2 Å². The highest BCUT2D eigenvalue weighted by molar-refractivity contribution is 5.99. The Bertz CT molecular complexity index is 5800. The summed E-state index contributed by atoms with van der Waals surface area (Å²) in [6.07, 6.45) is 29.3. The van der Waals surface area contributed by atoms with Gasteiger partial charge in [-0.25, -0.2) is 79.0 Å². The highest BCUT2D eigenvalue weighted by atomic mass is 16.6. The van der Waals surface area contributed by atoms with Crippen molar-refractivity contribution in [1.82, 2.24) is 59.8 Å². The zero-order valence-corrected chi connectivity index (χ0v) is 77.7. The molecule has 4 aliphatic carbocycles. The molecule has 0 radical (unpaired) electrons. The predicted octanol–water partition coefficient (Wildman–Crippen LogP) is 18.8. The topological polar surface area (TPSA) is 449 Å². The van der Waals surface area contributed by atoms with Crippen molar-refractivity contribution in [3.05, 3.63) is 190 Å². The van der Waals surface area contributed by atoms with Gasteiger partial charge in [0.05, 0.1) is 43.8 Å². The Labute approximate surface area is 766 Å². The van der Waals surface area contributed by atoms with Gasteiger partial charge in [0.15, 0.2) is 22.4 Å². The van der Waals surface area contributed by atoms with E-state index in [1.807, 2.05) is 132 Å². The van der Waals surface area contributed by atoms with Crippen molar-refractivity contribution >= 4 is 114 Å². The highest BCUT2D eigenvalue weighted by Gasteiger charge is 2.47. The van der Waals surface area contributed by atoms with Crippen LogP contribution in [-0.2, 0) is 63.5 Å². The van der Waals surface area contributed by atoms with Crippen molar-refractivity contribution in [1.29, 1.82) is 0 Å². The molecule has 0 amide bonds. The number of pyridine rings is 12. The fourth-order valence-electron chi connectivity index (χ4n) is 16.2. The van der Waals surface area contributed by atoms with Crippen LogP contribution in [0.15, 0.2) is 122 Å². The number of carbonyl (C=O) groups excluding carboxylic acids is 4. The van der Waals surface area contributed by atoms with Gasteiger partial charge in [0.1, 0.15) is 93.7 Å². The summed E-state index contributed by atoms with van der Waals surface area (Å²) in [6.45, 7) is 31.7. The molecule has 8 aliphatic rings. The summed E-state index contributed by atoms with van der Waals surface area (Å²) in [7, 11) is 0. The summed E-state index contributed by atoms with van der Waals surface area (Å²) in [5.74, 6) is 5.88. The zero-order valence-electron chi connectivity index (χ0n) is 77.7. The standard InChI is InChI=1S/4C25H29N5O3/c4*1-5-24(3,26)18-13-28-22(32-14-7-8-14)17-12-27-20(11-16(17)18)29-19-10-9-15-21(30-19)25(4,6-2)33-23(15)31/h4*9-14H,5-8,26H2,1-4H3,(H,27,29,30)/t2*24-,25+;2*24-,25-/m1010/s1. The average Bonchev–Trinajstić information content (AvgIpc) is 1.74. The van der Waals surface area contributed by atoms with Gasteiger partial charge in [0.25, 0.3) is 0 Å². The molecular formula is C100H116N20O12. The van der Waals surface area contributed by atoms with Crippen LogP contribution in [0.4, 0.5) is 46.5 Å². The van der Waals surface area contributed by atoms with Crippen LogP contribution >= 0.6 is 0 Å². The summed E-state index contributed by atoms with van der Waals surface area (Å²) in [4.78, 5) is 104. The Morgan fingerprint density at radius 1 is 0.303 bits per heavy atom. The Morgan fingerprint density at radius 3 is 0.674 bits per heavy atom. The molecule has 16 heterocycles. The van der Waals surface area contributed by atoms with Crippen LogP contribution in [0.5, 0.6) is 23.5 Å². The summed E-state index contributed by atoms with van der Waals surface area (Å²) in [5, 5.41) is 20.3. The lowest BCUT2D eigenvalue weighted by atomic mass is 9.88. The quantitative estimate of drug-likeness (QED) is 0.0167. The van der Waals surface area contributed by atoms with Crippen LogP contribution in [0.25, 0.3) is 43.1 Å². The number of anilines is 8. The number of nitrogens with zero attached hydrogens (tertiary/aromatic N) is 12. The van der Waals surface area contributed by atoms with Gasteiger partial charge in [-0.15, -0.1) is 0 Å². The number of carbonyl (C=O) groups is 4. The Morgan fingerprint density at radius 2 is 0.500 bits per heavy atom. The molecule has 12 aromatic rings. The Balaban J connectivity index is 0.000000123. The third kappa shape index (κ3) is 18.1. The molecule has 0 spiro atoms. The number of hydrogen-bond donors (Lipinski definition) is 8. The molecule has 8 atom stereocenters. The van der Waals surface area contributed by atoms with E-state index in [2.05, 4.69) is 88.8 Å². The molecule has 4 fully saturated rings. The van der Waals surface area contributed by atoms with Gasteiger partial charge in [-0.1, -0.05) is 55.4 Å². The number of esters is 4. The fourth-order valence-corrected chi connectivity index (χ4v) is 16.2. The number of nitrogens with two attached hydrogens (primary N) is 4. The van der Waals surface area contributed by atoms with E-state index in [4.69, 9.17) is 80.8 Å². The summed E-state index contributed by atoms with van der Waals surface area (Å²) < 4.78 is 46.4. The maximum Gasteiger partial charge on any atom is 0.341 e. The SMILES string of the molecule is CC[C@@](C)(N)c1cnc(OC2CC2)c2cnc(Nc3ccc4c(n3)[C@](C)(CC)OC4=O)cc12.CC[C@@]1(C)OC(=O)c2ccc(Nc3cc4c([C@](C)(N)CC)cnc(OC5CC5)c4cn3)nc21.CC[C@](C)(N)c1cnc(OC2CC2)c2cnc(Nc3ccc4c(n3)[C@@](C)(CC)OC4=O)cc12.CC[C@](C)(N)c1cnc(OC2CC2)c2cnc(Nc3ccc4c(n3)[C@](C)(CC)OC4=O)cc12. The number of cyclic esters (lactones) is 4. The number of fused-ring (bicyclic) bond motifs is 8. The van der Waals surface area contributed by atoms with Gasteiger partial charge in [-0.2, -0.15) is 0 Å². The smallest absolute Gasteiger partial charge is 0.341 e. The first kappa shape index (κ1) is 90.9. The van der Waals surface area contributed by atoms with Crippen molar-refractivity contribution in [3.63, 3.8) is 0 Å². The minimum Gasteiger partial charge on any atom is -0.474 e. The molecule has 132 heavy (non-hydrogen) atoms. The van der Waals surface area contributed by atoms with E-state index in [1.54, 1.807) is 73.3 Å². The maximum absolute atomic E-state index is 12.2. The maximum atomic E-state index is 12.2. The number of nitrogens with one attached hydrogen (secondary N) is 4. The molecule has 12 N–H and O–H groups in total. The number of ether oxygens (including phenoxy) is 8. The van der Waals surface area contributed by atoms with E-state index in [1.165, 1.54) is 0 Å². The van der Waals surface area contributed by atoms with Crippen molar-refractivity contribution < 1.29 is 57.1 Å². The van der Waals surface area contributed by atoms with Crippen molar-refractivity contribution in [3.8, 4) is 23.5 Å². The molecule has 0 unspecified atom stereocenters. The summed E-state index contributed by atoms with van der Waals surface area (Å²) in [5.41, 5.74) is 29.7. The Hall–Kier alpha value is -13.0. The Kier molecular flexibility index (Phi) is 24.0. The molecule has 4 saturated carbocycles. The lowest BCUT2D eigenvalue weighted by Gasteiger charge is -2.25. The van der Waals surface area contributed by atoms with Gasteiger partial charge in [-0.3, -0.25) is 0 Å². The van der Waals surface area contributed by atoms with E-state index in [-0.39, 0.29) is 48.3 Å². The minimum absolute atomic E-state index is 0.230. The molecular weight excluding hydrogens is 1670 g/mol. The van der Waals surface area contributed by atoms with Crippen molar-refractivity contribution in [2.24, 2.45) is 22.9 Å². The van der Waals surface area contributed by atoms with E-state index < -0.39 is 44.6 Å². The first-order chi connectivity index (χ1) is 62.9. The highest BCUT2D eigenvalue weighted by Crippen LogP contribution is 2.47. The average molecular weight is 1790 g/mol. The number of hydrogen-bond acceptors (Lipinski definition) is 32. The van der Waals surface area contributed by atoms with Crippen LogP contribution in [0.2, 0.25) is 0 Å². The first-order valence-corrected chi connectivity index (χ1v) is 46.0. The normalized spacial score (nSPS) is 21.4. The van der Waals surface area contributed by atoms with Gasteiger partial charge in [0.2, 0.25) is 23.5 Å². The third-order valence-electron chi connectivity index (χ3n) is 27.0. The van der Waals surface area contributed by atoms with Crippen LogP contribution in [0, 0.1) is 0 Å². The molecule has 32 heteroatoms. The third-order valence-corrected chi connectivity index (χ3v) is 27.0. The van der Waals surface area contributed by atoms with Gasteiger partial charge >= 0.3 is 23.9 Å². The molecule has 4 aliphatic heterocycles. The van der Waals surface area contributed by atoms with E-state index >= 15 is 0 Å². The number of aromatic nitrogens is 12. The van der Waals surface area contributed by atoms with Gasteiger partial charge in [0, 0.05) is 71.7 Å². The first-order valence-electron chi connectivity index (χ1n) is 46.0. The zero-order chi connectivity index (χ0) is 93.5. The molecule has 688 valence electrons. The van der Waals surface area contributed by atoms with E-state index in [0.717, 1.165) is 142 Å². The second-order valence-electron chi connectivity index (χ2n) is 37.5. The van der Waals surface area contributed by atoms with Crippen molar-refractivity contribution in [2.45, 2.75) is 282 Å². The predicted molar refractivity (Wildman–Crippen MR) is 502 cm³/mol. The molecule has 0 bridgehead atoms. The van der Waals surface area contributed by atoms with Crippen LogP contribution < -0.4 is 63.1 Å². The van der Waals surface area contributed by atoms with Crippen LogP contribution in [0.1, 0.15) is 300 Å². The van der Waals surface area contributed by atoms with E-state index in [0.29, 0.717) is 141 Å². The molecule has 20 rings (SSSR count). The summed E-state index contributed by atoms with van der Waals surface area (Å²) >= 11 is 0. The largest absolute Gasteiger partial charge is 0.474 e. The molecule has 32 nitrogen and oxygen atoms in total. The molecule has 0 aromatic carbocycles. The van der Waals surface area contributed by atoms with Crippen molar-refractivity contribution in [2.75, 3.05) is 21.3 Å². The summed E-state index contributed by atoms with van der Waals surface area (Å²) in [6, 6.07) is 21.9. The number of rotatable bonds is 28. The van der Waals surface area contributed by atoms with Crippen LogP contribution in [0.3, 0.4) is 0 Å². The molecule has 0 saturated heterocycles. The van der Waals surface area contributed by atoms with Gasteiger partial charge in [-0.05, 0) is 275 Å². The second kappa shape index (κ2) is 34.9. The molecule has 12 aromatic heterocycles. The van der Waals surface area contributed by atoms with Gasteiger partial charge < -0.3 is 82.1 Å². The lowest BCUT2D eigenvalue weighted by Crippen LogP contribution is -2.32. The lowest BCUT2D eigenvalue weighted by molar-refractivity contribution is -0.00314. The van der Waals surface area contributed by atoms with Crippen LogP contribution in [-0.4, -0.2) is 108 Å². The minimum atomic E-state index is -0.725. The fraction of sp³-hybridized carbons (Fsp3) is 0.440.